The Morgan fingerprint density at radius 2 is 2.30 bits per heavy atom. The van der Waals surface area contributed by atoms with E-state index in [1.54, 1.807) is 0 Å². The number of benzene rings is 1. The number of nitrogens with one attached hydrogen (secondary N) is 2. The molecule has 0 saturated carbocycles. The van der Waals surface area contributed by atoms with Gasteiger partial charge in [-0.3, -0.25) is 4.79 Å². The average molecular weight is 278 g/mol. The van der Waals surface area contributed by atoms with Gasteiger partial charge < -0.3 is 15.4 Å². The second-order valence-corrected chi connectivity index (χ2v) is 4.20. The van der Waals surface area contributed by atoms with Crippen molar-refractivity contribution in [3.8, 4) is 18.1 Å². The molecule has 0 heterocycles. The van der Waals surface area contributed by atoms with Crippen molar-refractivity contribution in [1.82, 2.24) is 10.6 Å². The number of amides is 1. The van der Waals surface area contributed by atoms with E-state index in [4.69, 9.17) is 11.2 Å². The summed E-state index contributed by atoms with van der Waals surface area (Å²) in [6.07, 6.45) is 6.02. The Morgan fingerprint density at radius 3 is 3.00 bits per heavy atom. The number of hydrogen-bond acceptors (Lipinski definition) is 3. The maximum absolute atomic E-state index is 13.2. The van der Waals surface area contributed by atoms with Crippen LogP contribution in [0.15, 0.2) is 18.2 Å². The third-order valence-corrected chi connectivity index (χ3v) is 2.51. The van der Waals surface area contributed by atoms with E-state index in [2.05, 4.69) is 16.6 Å². The molecule has 0 saturated heterocycles. The molecule has 0 atom stereocenters. The normalized spacial score (nSPS) is 9.85. The van der Waals surface area contributed by atoms with Crippen molar-refractivity contribution < 1.29 is 13.9 Å². The minimum Gasteiger partial charge on any atom is -0.483 e. The standard InChI is InChI=1S/C15H19FN2O2/c1-3-7-17-10-12-9-13(16)5-6-14(12)20-11-15(19)18-8-4-2/h2,5-6,9,17H,3,7-8,10-11H2,1H3,(H,18,19). The van der Waals surface area contributed by atoms with Crippen molar-refractivity contribution in [2.75, 3.05) is 19.7 Å². The van der Waals surface area contributed by atoms with Crippen molar-refractivity contribution in [3.05, 3.63) is 29.6 Å². The Hall–Kier alpha value is -2.06. The molecule has 20 heavy (non-hydrogen) atoms. The molecule has 5 heteroatoms. The van der Waals surface area contributed by atoms with Crippen LogP contribution < -0.4 is 15.4 Å². The van der Waals surface area contributed by atoms with Crippen molar-refractivity contribution in [1.29, 1.82) is 0 Å². The van der Waals surface area contributed by atoms with Gasteiger partial charge >= 0.3 is 0 Å². The van der Waals surface area contributed by atoms with E-state index in [1.807, 2.05) is 6.92 Å². The summed E-state index contributed by atoms with van der Waals surface area (Å²) in [5, 5.41) is 5.66. The number of carbonyl (C=O) groups excluding carboxylic acids is 1. The van der Waals surface area contributed by atoms with E-state index in [1.165, 1.54) is 18.2 Å². The Balaban J connectivity index is 2.59. The minimum atomic E-state index is -0.331. The summed E-state index contributed by atoms with van der Waals surface area (Å²) in [7, 11) is 0. The number of terminal acetylenes is 1. The van der Waals surface area contributed by atoms with Crippen LogP contribution in [0.3, 0.4) is 0 Å². The summed E-state index contributed by atoms with van der Waals surface area (Å²) in [4.78, 5) is 11.4. The fraction of sp³-hybridized carbons (Fsp3) is 0.400. The Bertz CT molecular complexity index is 483. The highest BCUT2D eigenvalue weighted by Gasteiger charge is 2.07. The molecular formula is C15H19FN2O2. The molecule has 0 spiro atoms. The highest BCUT2D eigenvalue weighted by atomic mass is 19.1. The summed E-state index contributed by atoms with van der Waals surface area (Å²) in [6.45, 7) is 3.39. The third kappa shape index (κ3) is 5.72. The lowest BCUT2D eigenvalue weighted by Gasteiger charge is -2.12. The first kappa shape index (κ1) is 16.0. The molecule has 0 fully saturated rings. The molecule has 1 rings (SSSR count). The van der Waals surface area contributed by atoms with E-state index >= 15 is 0 Å². The Morgan fingerprint density at radius 1 is 1.50 bits per heavy atom. The molecule has 1 aromatic carbocycles. The van der Waals surface area contributed by atoms with Crippen LogP contribution in [0.5, 0.6) is 5.75 Å². The highest BCUT2D eigenvalue weighted by molar-refractivity contribution is 5.77. The van der Waals surface area contributed by atoms with Gasteiger partial charge in [0.1, 0.15) is 11.6 Å². The molecule has 0 aromatic heterocycles. The van der Waals surface area contributed by atoms with Crippen LogP contribution in [0.4, 0.5) is 4.39 Å². The van der Waals surface area contributed by atoms with E-state index in [9.17, 15) is 9.18 Å². The summed E-state index contributed by atoms with van der Waals surface area (Å²) in [5.41, 5.74) is 0.684. The molecule has 1 aromatic rings. The zero-order valence-electron chi connectivity index (χ0n) is 11.5. The average Bonchev–Trinajstić information content (AvgIpc) is 2.44. The summed E-state index contributed by atoms with van der Waals surface area (Å²) in [5.74, 6) is 2.16. The van der Waals surface area contributed by atoms with Crippen LogP contribution in [-0.4, -0.2) is 25.6 Å². The predicted octanol–water partition coefficient (Wildman–Crippen LogP) is 1.45. The van der Waals surface area contributed by atoms with Gasteiger partial charge in [-0.15, -0.1) is 6.42 Å². The lowest BCUT2D eigenvalue weighted by molar-refractivity contribution is -0.122. The molecule has 0 aliphatic carbocycles. The molecule has 2 N–H and O–H groups in total. The van der Waals surface area contributed by atoms with Crippen molar-refractivity contribution >= 4 is 5.91 Å². The lowest BCUT2D eigenvalue weighted by Crippen LogP contribution is -2.29. The van der Waals surface area contributed by atoms with E-state index in [-0.39, 0.29) is 24.9 Å². The van der Waals surface area contributed by atoms with E-state index in [0.717, 1.165) is 13.0 Å². The first-order valence-electron chi connectivity index (χ1n) is 6.49. The minimum absolute atomic E-state index is 0.145. The predicted molar refractivity (Wildman–Crippen MR) is 75.7 cm³/mol. The van der Waals surface area contributed by atoms with Gasteiger partial charge in [0.25, 0.3) is 5.91 Å². The summed E-state index contributed by atoms with van der Waals surface area (Å²) < 4.78 is 18.6. The fourth-order valence-electron chi connectivity index (χ4n) is 1.57. The number of ether oxygens (including phenoxy) is 1. The number of hydrogen-bond donors (Lipinski definition) is 2. The van der Waals surface area contributed by atoms with Gasteiger partial charge in [-0.25, -0.2) is 4.39 Å². The highest BCUT2D eigenvalue weighted by Crippen LogP contribution is 2.19. The maximum atomic E-state index is 13.2. The molecule has 108 valence electrons. The van der Waals surface area contributed by atoms with Crippen LogP contribution in [0.1, 0.15) is 18.9 Å². The molecule has 1 amide bonds. The zero-order valence-corrected chi connectivity index (χ0v) is 11.5. The van der Waals surface area contributed by atoms with Gasteiger partial charge in [-0.1, -0.05) is 12.8 Å². The quantitative estimate of drug-likeness (QED) is 0.559. The monoisotopic (exact) mass is 278 g/mol. The van der Waals surface area contributed by atoms with Gasteiger partial charge in [0, 0.05) is 12.1 Å². The van der Waals surface area contributed by atoms with Crippen molar-refractivity contribution in [2.45, 2.75) is 19.9 Å². The third-order valence-electron chi connectivity index (χ3n) is 2.51. The van der Waals surface area contributed by atoms with Gasteiger partial charge in [-0.05, 0) is 31.2 Å². The summed E-state index contributed by atoms with van der Waals surface area (Å²) >= 11 is 0. The largest absolute Gasteiger partial charge is 0.483 e. The second kappa shape index (κ2) is 8.94. The SMILES string of the molecule is C#CCNC(=O)COc1ccc(F)cc1CNCCC. The smallest absolute Gasteiger partial charge is 0.258 e. The number of halogens is 1. The number of rotatable bonds is 8. The first-order valence-corrected chi connectivity index (χ1v) is 6.49. The molecule has 0 aliphatic heterocycles. The van der Waals surface area contributed by atoms with Gasteiger partial charge in [0.05, 0.1) is 6.54 Å². The molecule has 0 bridgehead atoms. The topological polar surface area (TPSA) is 50.4 Å². The maximum Gasteiger partial charge on any atom is 0.258 e. The van der Waals surface area contributed by atoms with Crippen LogP contribution in [-0.2, 0) is 11.3 Å². The van der Waals surface area contributed by atoms with Crippen molar-refractivity contribution in [3.63, 3.8) is 0 Å². The number of carbonyl (C=O) groups is 1. The Kier molecular flexibility index (Phi) is 7.15. The van der Waals surface area contributed by atoms with Crippen LogP contribution in [0, 0.1) is 18.2 Å². The van der Waals surface area contributed by atoms with Crippen LogP contribution in [0.25, 0.3) is 0 Å². The first-order chi connectivity index (χ1) is 9.67. The van der Waals surface area contributed by atoms with E-state index < -0.39 is 0 Å². The van der Waals surface area contributed by atoms with Gasteiger partial charge in [0.15, 0.2) is 6.61 Å². The zero-order chi connectivity index (χ0) is 14.8. The van der Waals surface area contributed by atoms with Crippen LogP contribution in [0.2, 0.25) is 0 Å². The van der Waals surface area contributed by atoms with Gasteiger partial charge in [-0.2, -0.15) is 0 Å². The second-order valence-electron chi connectivity index (χ2n) is 4.20. The Labute approximate surface area is 118 Å². The molecule has 0 radical (unpaired) electrons. The van der Waals surface area contributed by atoms with Crippen molar-refractivity contribution in [2.24, 2.45) is 0 Å². The lowest BCUT2D eigenvalue weighted by atomic mass is 10.2. The van der Waals surface area contributed by atoms with Gasteiger partial charge in [0.2, 0.25) is 0 Å². The van der Waals surface area contributed by atoms with E-state index in [0.29, 0.717) is 17.9 Å². The molecule has 4 nitrogen and oxygen atoms in total. The molecule has 0 aliphatic rings. The summed E-state index contributed by atoms with van der Waals surface area (Å²) in [6, 6.07) is 4.22. The molecule has 0 unspecified atom stereocenters. The van der Waals surface area contributed by atoms with Crippen LogP contribution >= 0.6 is 0 Å². The molecular weight excluding hydrogens is 259 g/mol. The fourth-order valence-corrected chi connectivity index (χ4v) is 1.57.